The van der Waals surface area contributed by atoms with E-state index in [-0.39, 0.29) is 5.69 Å². The molecule has 1 N–H and O–H groups in total. The molecule has 0 spiro atoms. The van der Waals surface area contributed by atoms with Gasteiger partial charge in [0, 0.05) is 18.1 Å². The van der Waals surface area contributed by atoms with Crippen LogP contribution in [0.3, 0.4) is 0 Å². The van der Waals surface area contributed by atoms with Gasteiger partial charge >= 0.3 is 0 Å². The number of nitro groups is 1. The first-order valence-corrected chi connectivity index (χ1v) is 6.73. The standard InChI is InChI=1S/C15H15ClN2O3/c1-10-3-5-12(16)8-15(10)21-9-11-4-6-14(18(19)20)13(7-11)17-2/h3-8,17H,9H2,1-2H3. The maximum Gasteiger partial charge on any atom is 0.292 e. The SMILES string of the molecule is CNc1cc(COc2cc(Cl)ccc2C)ccc1[N+](=O)[O-]. The molecule has 2 aromatic rings. The molecule has 21 heavy (non-hydrogen) atoms. The fourth-order valence-corrected chi connectivity index (χ4v) is 2.09. The fourth-order valence-electron chi connectivity index (χ4n) is 1.92. The van der Waals surface area contributed by atoms with Crippen molar-refractivity contribution in [2.75, 3.05) is 12.4 Å². The van der Waals surface area contributed by atoms with Crippen LogP contribution in [0.25, 0.3) is 0 Å². The second kappa shape index (κ2) is 6.45. The largest absolute Gasteiger partial charge is 0.489 e. The van der Waals surface area contributed by atoms with Crippen LogP contribution in [-0.4, -0.2) is 12.0 Å². The second-order valence-corrected chi connectivity index (χ2v) is 4.99. The zero-order chi connectivity index (χ0) is 15.4. The molecule has 0 unspecified atom stereocenters. The zero-order valence-electron chi connectivity index (χ0n) is 11.7. The highest BCUT2D eigenvalue weighted by atomic mass is 35.5. The van der Waals surface area contributed by atoms with Crippen LogP contribution in [0, 0.1) is 17.0 Å². The van der Waals surface area contributed by atoms with Gasteiger partial charge in [-0.05, 0) is 42.3 Å². The Bertz CT molecular complexity index is 674. The number of hydrogen-bond acceptors (Lipinski definition) is 4. The van der Waals surface area contributed by atoms with Gasteiger partial charge in [-0.25, -0.2) is 0 Å². The van der Waals surface area contributed by atoms with E-state index in [2.05, 4.69) is 5.32 Å². The van der Waals surface area contributed by atoms with Crippen LogP contribution in [0.1, 0.15) is 11.1 Å². The van der Waals surface area contributed by atoms with Gasteiger partial charge < -0.3 is 10.1 Å². The highest BCUT2D eigenvalue weighted by Crippen LogP contribution is 2.27. The number of nitrogens with one attached hydrogen (secondary N) is 1. The quantitative estimate of drug-likeness (QED) is 0.665. The Hall–Kier alpha value is -2.27. The van der Waals surface area contributed by atoms with Crippen molar-refractivity contribution in [2.45, 2.75) is 13.5 Å². The molecule has 0 aromatic heterocycles. The summed E-state index contributed by atoms with van der Waals surface area (Å²) in [4.78, 5) is 10.5. The lowest BCUT2D eigenvalue weighted by Crippen LogP contribution is -2.01. The number of anilines is 1. The third kappa shape index (κ3) is 3.64. The molecule has 0 saturated heterocycles. The highest BCUT2D eigenvalue weighted by Gasteiger charge is 2.13. The predicted molar refractivity (Wildman–Crippen MR) is 83.2 cm³/mol. The Morgan fingerprint density at radius 2 is 2.05 bits per heavy atom. The van der Waals surface area contributed by atoms with Gasteiger partial charge in [0.1, 0.15) is 18.0 Å². The third-order valence-electron chi connectivity index (χ3n) is 3.07. The first-order chi connectivity index (χ1) is 10.0. The summed E-state index contributed by atoms with van der Waals surface area (Å²) in [6.07, 6.45) is 0. The van der Waals surface area contributed by atoms with Gasteiger partial charge in [0.25, 0.3) is 5.69 Å². The normalized spacial score (nSPS) is 10.2. The van der Waals surface area contributed by atoms with Gasteiger partial charge in [-0.1, -0.05) is 17.7 Å². The molecule has 0 aliphatic rings. The number of nitrogens with zero attached hydrogens (tertiary/aromatic N) is 1. The van der Waals surface area contributed by atoms with Gasteiger partial charge in [-0.15, -0.1) is 0 Å². The van der Waals surface area contributed by atoms with Crippen LogP contribution in [0.4, 0.5) is 11.4 Å². The molecule has 0 fully saturated rings. The Balaban J connectivity index is 2.17. The second-order valence-electron chi connectivity index (χ2n) is 4.56. The van der Waals surface area contributed by atoms with E-state index in [9.17, 15) is 10.1 Å². The molecule has 110 valence electrons. The Labute approximate surface area is 127 Å². The summed E-state index contributed by atoms with van der Waals surface area (Å²) in [6, 6.07) is 10.3. The molecule has 0 aliphatic carbocycles. The van der Waals surface area contributed by atoms with Crippen LogP contribution < -0.4 is 10.1 Å². The summed E-state index contributed by atoms with van der Waals surface area (Å²) in [5.41, 5.74) is 2.32. The van der Waals surface area contributed by atoms with Crippen molar-refractivity contribution in [3.63, 3.8) is 0 Å². The minimum absolute atomic E-state index is 0.0418. The fraction of sp³-hybridized carbons (Fsp3) is 0.200. The van der Waals surface area contributed by atoms with Crippen LogP contribution in [0.5, 0.6) is 5.75 Å². The van der Waals surface area contributed by atoms with Gasteiger partial charge in [0.05, 0.1) is 4.92 Å². The summed E-state index contributed by atoms with van der Waals surface area (Å²) in [6.45, 7) is 2.24. The molecular formula is C15H15ClN2O3. The summed E-state index contributed by atoms with van der Waals surface area (Å²) < 4.78 is 5.72. The molecule has 2 aromatic carbocycles. The summed E-state index contributed by atoms with van der Waals surface area (Å²) in [5.74, 6) is 0.701. The van der Waals surface area contributed by atoms with E-state index in [0.29, 0.717) is 23.1 Å². The van der Waals surface area contributed by atoms with Crippen LogP contribution in [-0.2, 0) is 6.61 Å². The lowest BCUT2D eigenvalue weighted by molar-refractivity contribution is -0.384. The summed E-state index contributed by atoms with van der Waals surface area (Å²) in [7, 11) is 1.65. The number of rotatable bonds is 5. The third-order valence-corrected chi connectivity index (χ3v) is 3.31. The number of halogens is 1. The van der Waals surface area contributed by atoms with Crippen molar-refractivity contribution in [3.8, 4) is 5.75 Å². The van der Waals surface area contributed by atoms with Crippen LogP contribution in [0.15, 0.2) is 36.4 Å². The maximum atomic E-state index is 10.9. The summed E-state index contributed by atoms with van der Waals surface area (Å²) >= 11 is 5.94. The first-order valence-electron chi connectivity index (χ1n) is 6.35. The molecular weight excluding hydrogens is 292 g/mol. The minimum atomic E-state index is -0.419. The molecule has 0 saturated carbocycles. The lowest BCUT2D eigenvalue weighted by Gasteiger charge is -2.10. The molecule has 0 atom stereocenters. The van der Waals surface area contributed by atoms with Crippen LogP contribution >= 0.6 is 11.6 Å². The van der Waals surface area contributed by atoms with Crippen molar-refractivity contribution >= 4 is 23.0 Å². The van der Waals surface area contributed by atoms with E-state index in [1.54, 1.807) is 31.3 Å². The minimum Gasteiger partial charge on any atom is -0.489 e. The van der Waals surface area contributed by atoms with Gasteiger partial charge in [-0.2, -0.15) is 0 Å². The molecule has 0 radical (unpaired) electrons. The molecule has 2 rings (SSSR count). The highest BCUT2D eigenvalue weighted by molar-refractivity contribution is 6.30. The Kier molecular flexibility index (Phi) is 4.65. The zero-order valence-corrected chi connectivity index (χ0v) is 12.5. The molecule has 0 aliphatic heterocycles. The lowest BCUT2D eigenvalue weighted by atomic mass is 10.1. The smallest absolute Gasteiger partial charge is 0.292 e. The van der Waals surface area contributed by atoms with Crippen molar-refractivity contribution in [1.29, 1.82) is 0 Å². The topological polar surface area (TPSA) is 64.4 Å². The monoisotopic (exact) mass is 306 g/mol. The van der Waals surface area contributed by atoms with Crippen molar-refractivity contribution in [1.82, 2.24) is 0 Å². The van der Waals surface area contributed by atoms with E-state index in [0.717, 1.165) is 11.1 Å². The predicted octanol–water partition coefficient (Wildman–Crippen LogP) is 4.18. The van der Waals surface area contributed by atoms with Gasteiger partial charge in [-0.3, -0.25) is 10.1 Å². The number of benzene rings is 2. The van der Waals surface area contributed by atoms with Crippen molar-refractivity contribution < 1.29 is 9.66 Å². The average molecular weight is 307 g/mol. The van der Waals surface area contributed by atoms with E-state index < -0.39 is 4.92 Å². The molecule has 0 bridgehead atoms. The van der Waals surface area contributed by atoms with E-state index >= 15 is 0 Å². The molecule has 5 nitrogen and oxygen atoms in total. The van der Waals surface area contributed by atoms with E-state index in [4.69, 9.17) is 16.3 Å². The molecule has 0 heterocycles. The summed E-state index contributed by atoms with van der Waals surface area (Å²) in [5, 5.41) is 14.3. The molecule has 6 heteroatoms. The average Bonchev–Trinajstić information content (AvgIpc) is 2.47. The Morgan fingerprint density at radius 3 is 2.71 bits per heavy atom. The number of ether oxygens (including phenoxy) is 1. The number of hydrogen-bond donors (Lipinski definition) is 1. The first kappa shape index (κ1) is 15.1. The van der Waals surface area contributed by atoms with Gasteiger partial charge in [0.2, 0.25) is 0 Å². The number of aryl methyl sites for hydroxylation is 1. The van der Waals surface area contributed by atoms with E-state index in [1.165, 1.54) is 6.07 Å². The Morgan fingerprint density at radius 1 is 1.29 bits per heavy atom. The van der Waals surface area contributed by atoms with Crippen LogP contribution in [0.2, 0.25) is 5.02 Å². The van der Waals surface area contributed by atoms with Gasteiger partial charge in [0.15, 0.2) is 0 Å². The van der Waals surface area contributed by atoms with Crippen molar-refractivity contribution in [3.05, 3.63) is 62.7 Å². The number of nitro benzene ring substituents is 1. The van der Waals surface area contributed by atoms with Crippen molar-refractivity contribution in [2.24, 2.45) is 0 Å². The van der Waals surface area contributed by atoms with E-state index in [1.807, 2.05) is 13.0 Å². The maximum absolute atomic E-state index is 10.9. The molecule has 0 amide bonds.